The molecular formula is C27H26F7NO5. The van der Waals surface area contributed by atoms with Gasteiger partial charge in [-0.3, -0.25) is 9.69 Å². The molecule has 1 fully saturated rings. The molecule has 1 N–H and O–H groups in total. The molecule has 0 radical (unpaired) electrons. The van der Waals surface area contributed by atoms with Gasteiger partial charge in [-0.1, -0.05) is 6.07 Å². The van der Waals surface area contributed by atoms with E-state index in [2.05, 4.69) is 9.64 Å². The number of rotatable bonds is 9. The number of aliphatic carboxylic acids is 1. The van der Waals surface area contributed by atoms with E-state index < -0.39 is 48.7 Å². The Bertz CT molecular complexity index is 1260. The number of likely N-dealkylation sites (tertiary alicyclic amines) is 1. The molecule has 4 rings (SSSR count). The first-order valence-electron chi connectivity index (χ1n) is 12.4. The maximum atomic E-state index is 14.9. The minimum Gasteiger partial charge on any atom is -0.489 e. The molecule has 2 aromatic carbocycles. The van der Waals surface area contributed by atoms with Crippen LogP contribution in [0.1, 0.15) is 36.0 Å². The lowest BCUT2D eigenvalue weighted by atomic mass is 9.94. The Balaban J connectivity index is 1.42. The molecule has 1 saturated heterocycles. The van der Waals surface area contributed by atoms with Crippen molar-refractivity contribution in [3.05, 3.63) is 58.4 Å². The zero-order valence-electron chi connectivity index (χ0n) is 21.1. The van der Waals surface area contributed by atoms with Crippen LogP contribution in [0.4, 0.5) is 30.7 Å². The zero-order chi connectivity index (χ0) is 29.1. The lowest BCUT2D eigenvalue weighted by Crippen LogP contribution is -2.38. The Labute approximate surface area is 224 Å². The van der Waals surface area contributed by atoms with Gasteiger partial charge in [0.2, 0.25) is 0 Å². The van der Waals surface area contributed by atoms with Gasteiger partial charge in [0.05, 0.1) is 11.1 Å². The number of carbonyl (C=O) groups is 1. The minimum atomic E-state index is -4.97. The van der Waals surface area contributed by atoms with Crippen molar-refractivity contribution in [2.24, 2.45) is 5.92 Å². The molecule has 2 heterocycles. The number of carboxylic acids is 1. The van der Waals surface area contributed by atoms with Crippen molar-refractivity contribution in [3.63, 3.8) is 0 Å². The van der Waals surface area contributed by atoms with Crippen LogP contribution in [0.2, 0.25) is 0 Å². The van der Waals surface area contributed by atoms with Crippen LogP contribution < -0.4 is 14.2 Å². The third-order valence-corrected chi connectivity index (χ3v) is 6.47. The van der Waals surface area contributed by atoms with Gasteiger partial charge in [0.15, 0.2) is 6.61 Å². The number of carboxylic acid groups (broad SMARTS) is 1. The largest absolute Gasteiger partial charge is 0.489 e. The molecule has 0 saturated carbocycles. The number of benzene rings is 2. The summed E-state index contributed by atoms with van der Waals surface area (Å²) in [6.45, 7) is -0.214. The molecule has 13 heteroatoms. The van der Waals surface area contributed by atoms with Gasteiger partial charge in [-0.25, -0.2) is 4.39 Å². The van der Waals surface area contributed by atoms with E-state index in [0.29, 0.717) is 19.2 Å². The van der Waals surface area contributed by atoms with Gasteiger partial charge in [0, 0.05) is 31.6 Å². The Morgan fingerprint density at radius 1 is 1.10 bits per heavy atom. The van der Waals surface area contributed by atoms with Crippen molar-refractivity contribution in [2.75, 3.05) is 32.8 Å². The average molecular weight is 577 g/mol. The summed E-state index contributed by atoms with van der Waals surface area (Å²) in [7, 11) is 0. The topological polar surface area (TPSA) is 68.2 Å². The summed E-state index contributed by atoms with van der Waals surface area (Å²) < 4.78 is 108. The Kier molecular flexibility index (Phi) is 8.81. The van der Waals surface area contributed by atoms with E-state index >= 15 is 0 Å². The van der Waals surface area contributed by atoms with Gasteiger partial charge in [0.1, 0.15) is 36.3 Å². The highest BCUT2D eigenvalue weighted by Crippen LogP contribution is 2.38. The first-order chi connectivity index (χ1) is 18.8. The maximum absolute atomic E-state index is 14.9. The molecule has 1 atom stereocenters. The summed E-state index contributed by atoms with van der Waals surface area (Å²) in [6.07, 6.45) is -6.32. The van der Waals surface area contributed by atoms with Gasteiger partial charge >= 0.3 is 18.3 Å². The molecule has 6 nitrogen and oxygen atoms in total. The van der Waals surface area contributed by atoms with E-state index in [-0.39, 0.29) is 41.6 Å². The third kappa shape index (κ3) is 8.03. The van der Waals surface area contributed by atoms with E-state index in [1.165, 1.54) is 6.07 Å². The molecule has 2 aliphatic rings. The van der Waals surface area contributed by atoms with Crippen molar-refractivity contribution in [2.45, 2.75) is 38.2 Å². The normalized spacial score (nSPS) is 18.0. The summed E-state index contributed by atoms with van der Waals surface area (Å²) in [5.74, 6) is -2.24. The molecule has 0 spiro atoms. The molecule has 0 bridgehead atoms. The fraction of sp³-hybridized carbons (Fsp3) is 0.444. The second kappa shape index (κ2) is 11.9. The Morgan fingerprint density at radius 3 is 2.58 bits per heavy atom. The van der Waals surface area contributed by atoms with Crippen LogP contribution in [0.25, 0.3) is 6.08 Å². The fourth-order valence-corrected chi connectivity index (χ4v) is 4.76. The van der Waals surface area contributed by atoms with E-state index in [1.807, 2.05) is 0 Å². The fourth-order valence-electron chi connectivity index (χ4n) is 4.76. The summed E-state index contributed by atoms with van der Waals surface area (Å²) >= 11 is 0. The number of piperidine rings is 1. The second-order valence-electron chi connectivity index (χ2n) is 9.77. The van der Waals surface area contributed by atoms with Crippen molar-refractivity contribution in [1.29, 1.82) is 0 Å². The minimum absolute atomic E-state index is 0.00778. The lowest BCUT2D eigenvalue weighted by molar-refractivity contribution is -0.158. The summed E-state index contributed by atoms with van der Waals surface area (Å²) in [5.41, 5.74) is -0.407. The molecule has 0 aliphatic carbocycles. The summed E-state index contributed by atoms with van der Waals surface area (Å²) in [4.78, 5) is 13.1. The van der Waals surface area contributed by atoms with Gasteiger partial charge in [-0.15, -0.1) is 0 Å². The highest BCUT2D eigenvalue weighted by Gasteiger charge is 2.36. The first kappa shape index (κ1) is 29.5. The average Bonchev–Trinajstić information content (AvgIpc) is 2.85. The van der Waals surface area contributed by atoms with Crippen LogP contribution in [0.3, 0.4) is 0 Å². The third-order valence-electron chi connectivity index (χ3n) is 6.47. The highest BCUT2D eigenvalue weighted by molar-refractivity contribution is 5.67. The standard InChI is InChI=1S/C27H26F7NO5/c28-22-9-19(38-13-17-3-4-23(40-15-26(29,30)31)21(7-17)27(32,33)34)10-24-20(22)6-18(14-39-24)12-35-5-1-2-16(11-35)8-25(36)37/h3-4,6-7,9-10,16H,1-2,5,8,11-15H2,(H,36,37)/t16-/m1/s1. The predicted molar refractivity (Wildman–Crippen MR) is 129 cm³/mol. The monoisotopic (exact) mass is 577 g/mol. The molecule has 2 aliphatic heterocycles. The zero-order valence-corrected chi connectivity index (χ0v) is 21.1. The van der Waals surface area contributed by atoms with Crippen molar-refractivity contribution >= 4 is 12.0 Å². The SMILES string of the molecule is O=C(O)C[C@H]1CCCN(CC2=Cc3c(F)cc(OCc4ccc(OCC(F)(F)F)c(C(F)(F)F)c4)cc3OC2)C1. The Morgan fingerprint density at radius 2 is 1.88 bits per heavy atom. The Hall–Kier alpha value is -3.48. The summed E-state index contributed by atoms with van der Waals surface area (Å²) in [6, 6.07) is 5.00. The van der Waals surface area contributed by atoms with E-state index in [4.69, 9.17) is 14.6 Å². The quantitative estimate of drug-likeness (QED) is 0.352. The molecule has 0 amide bonds. The van der Waals surface area contributed by atoms with Crippen molar-refractivity contribution in [3.8, 4) is 17.2 Å². The summed E-state index contributed by atoms with van der Waals surface area (Å²) in [5, 5.41) is 9.05. The molecule has 40 heavy (non-hydrogen) atoms. The predicted octanol–water partition coefficient (Wildman–Crippen LogP) is 6.33. The van der Waals surface area contributed by atoms with Crippen molar-refractivity contribution < 1.29 is 54.8 Å². The van der Waals surface area contributed by atoms with Gasteiger partial charge in [-0.05, 0) is 54.6 Å². The van der Waals surface area contributed by atoms with Crippen LogP contribution in [-0.4, -0.2) is 55.0 Å². The lowest BCUT2D eigenvalue weighted by Gasteiger charge is -2.33. The van der Waals surface area contributed by atoms with E-state index in [1.54, 1.807) is 6.08 Å². The number of ether oxygens (including phenoxy) is 3. The first-order valence-corrected chi connectivity index (χ1v) is 12.4. The van der Waals surface area contributed by atoms with Crippen molar-refractivity contribution in [1.82, 2.24) is 4.90 Å². The number of alkyl halides is 6. The number of halogens is 7. The van der Waals surface area contributed by atoms with E-state index in [9.17, 15) is 35.5 Å². The highest BCUT2D eigenvalue weighted by atomic mass is 19.4. The molecular weight excluding hydrogens is 551 g/mol. The number of hydrogen-bond acceptors (Lipinski definition) is 5. The number of fused-ring (bicyclic) bond motifs is 1. The molecule has 218 valence electrons. The number of nitrogens with zero attached hydrogens (tertiary/aromatic N) is 1. The van der Waals surface area contributed by atoms with Gasteiger partial charge in [-0.2, -0.15) is 26.3 Å². The van der Waals surface area contributed by atoms with E-state index in [0.717, 1.165) is 43.2 Å². The van der Waals surface area contributed by atoms with Crippen LogP contribution in [0, 0.1) is 11.7 Å². The molecule has 0 aromatic heterocycles. The second-order valence-corrected chi connectivity index (χ2v) is 9.77. The number of hydrogen-bond donors (Lipinski definition) is 1. The van der Waals surface area contributed by atoms with Gasteiger partial charge in [0.25, 0.3) is 0 Å². The van der Waals surface area contributed by atoms with Crippen LogP contribution in [-0.2, 0) is 17.6 Å². The van der Waals surface area contributed by atoms with Crippen LogP contribution in [0.5, 0.6) is 17.2 Å². The molecule has 2 aromatic rings. The smallest absolute Gasteiger partial charge is 0.422 e. The van der Waals surface area contributed by atoms with Gasteiger partial charge < -0.3 is 19.3 Å². The maximum Gasteiger partial charge on any atom is 0.422 e. The van der Waals surface area contributed by atoms with Crippen LogP contribution in [0.15, 0.2) is 35.9 Å². The molecule has 0 unspecified atom stereocenters. The van der Waals surface area contributed by atoms with Crippen LogP contribution >= 0.6 is 0 Å².